The molecule has 0 unspecified atom stereocenters. The first kappa shape index (κ1) is 19.2. The number of amides is 3. The lowest BCUT2D eigenvalue weighted by atomic mass is 9.91. The molecule has 1 aromatic carbocycles. The molecule has 1 aliphatic heterocycles. The van der Waals surface area contributed by atoms with E-state index in [4.69, 9.17) is 10.8 Å². The zero-order chi connectivity index (χ0) is 19.4. The number of benzene rings is 1. The number of carbonyl (C=O) groups excluding carboxylic acids is 2. The third-order valence-electron chi connectivity index (χ3n) is 5.29. The summed E-state index contributed by atoms with van der Waals surface area (Å²) in [5.41, 5.74) is 7.16. The summed E-state index contributed by atoms with van der Waals surface area (Å²) in [5.74, 6) is -1.28. The Balaban J connectivity index is 1.58. The van der Waals surface area contributed by atoms with Crippen molar-refractivity contribution < 1.29 is 19.5 Å². The fraction of sp³-hybridized carbons (Fsp3) is 0.526. The maximum absolute atomic E-state index is 12.8. The highest BCUT2D eigenvalue weighted by molar-refractivity contribution is 5.97. The lowest BCUT2D eigenvalue weighted by Gasteiger charge is -2.33. The molecule has 1 heterocycles. The van der Waals surface area contributed by atoms with Crippen molar-refractivity contribution in [3.8, 4) is 0 Å². The number of urea groups is 1. The predicted octanol–water partition coefficient (Wildman–Crippen LogP) is 1.40. The summed E-state index contributed by atoms with van der Waals surface area (Å²) in [6.45, 7) is 1.42. The fourth-order valence-corrected chi connectivity index (χ4v) is 3.72. The zero-order valence-corrected chi connectivity index (χ0v) is 15.3. The second-order valence-electron chi connectivity index (χ2n) is 7.14. The van der Waals surface area contributed by atoms with E-state index in [0.29, 0.717) is 18.7 Å². The van der Waals surface area contributed by atoms with Gasteiger partial charge in [-0.2, -0.15) is 0 Å². The highest BCUT2D eigenvalue weighted by atomic mass is 16.4. The number of rotatable bonds is 6. The third-order valence-corrected chi connectivity index (χ3v) is 5.29. The van der Waals surface area contributed by atoms with Gasteiger partial charge in [0.2, 0.25) is 0 Å². The summed E-state index contributed by atoms with van der Waals surface area (Å²) in [5, 5.41) is 11.2. The first-order valence-electron chi connectivity index (χ1n) is 9.39. The van der Waals surface area contributed by atoms with Crippen molar-refractivity contribution in [2.75, 3.05) is 24.5 Å². The molecule has 0 radical (unpaired) electrons. The van der Waals surface area contributed by atoms with E-state index in [1.807, 2.05) is 4.90 Å². The molecule has 2 aliphatic rings. The van der Waals surface area contributed by atoms with Crippen molar-refractivity contribution in [1.29, 1.82) is 0 Å². The van der Waals surface area contributed by atoms with Crippen LogP contribution in [0.25, 0.3) is 0 Å². The van der Waals surface area contributed by atoms with Gasteiger partial charge in [0.25, 0.3) is 5.91 Å². The van der Waals surface area contributed by atoms with Gasteiger partial charge in [-0.15, -0.1) is 0 Å². The van der Waals surface area contributed by atoms with Gasteiger partial charge in [-0.3, -0.25) is 14.5 Å². The molecule has 27 heavy (non-hydrogen) atoms. The Kier molecular flexibility index (Phi) is 5.95. The number of aliphatic carboxylic acids is 1. The molecule has 1 aliphatic carbocycles. The predicted molar refractivity (Wildman–Crippen MR) is 101 cm³/mol. The zero-order valence-electron chi connectivity index (χ0n) is 15.3. The van der Waals surface area contributed by atoms with Gasteiger partial charge in [0.15, 0.2) is 0 Å². The topological polar surface area (TPSA) is 116 Å². The Bertz CT molecular complexity index is 698. The van der Waals surface area contributed by atoms with E-state index < -0.39 is 5.97 Å². The van der Waals surface area contributed by atoms with Crippen LogP contribution in [0.5, 0.6) is 0 Å². The summed E-state index contributed by atoms with van der Waals surface area (Å²) in [6, 6.07) is 7.34. The molecule has 1 aromatic rings. The molecule has 0 spiro atoms. The van der Waals surface area contributed by atoms with Gasteiger partial charge in [0.05, 0.1) is 6.42 Å². The number of nitrogens with zero attached hydrogens (tertiary/aromatic N) is 2. The van der Waals surface area contributed by atoms with Crippen LogP contribution in [0, 0.1) is 0 Å². The van der Waals surface area contributed by atoms with Crippen LogP contribution < -0.4 is 16.0 Å². The smallest absolute Gasteiger partial charge is 0.324 e. The maximum Gasteiger partial charge on any atom is 0.324 e. The molecule has 1 saturated heterocycles. The molecule has 0 atom stereocenters. The highest BCUT2D eigenvalue weighted by Gasteiger charge is 2.35. The Morgan fingerprint density at radius 2 is 1.78 bits per heavy atom. The highest BCUT2D eigenvalue weighted by Crippen LogP contribution is 2.28. The number of nitrogens with two attached hydrogens (primary N) is 1. The van der Waals surface area contributed by atoms with Gasteiger partial charge >= 0.3 is 12.0 Å². The summed E-state index contributed by atoms with van der Waals surface area (Å²) in [4.78, 5) is 39.0. The Labute approximate surface area is 158 Å². The molecule has 1 saturated carbocycles. The molecule has 8 nitrogen and oxygen atoms in total. The van der Waals surface area contributed by atoms with Crippen LogP contribution in [-0.4, -0.2) is 59.6 Å². The molecule has 0 bridgehead atoms. The largest absolute Gasteiger partial charge is 0.481 e. The van der Waals surface area contributed by atoms with Gasteiger partial charge in [0.1, 0.15) is 0 Å². The number of hydrogen-bond donors (Lipinski definition) is 3. The summed E-state index contributed by atoms with van der Waals surface area (Å²) in [7, 11) is 0. The molecular formula is C19H26N4O4. The van der Waals surface area contributed by atoms with Crippen LogP contribution in [0.1, 0.15) is 42.5 Å². The van der Waals surface area contributed by atoms with Crippen molar-refractivity contribution in [3.05, 3.63) is 29.8 Å². The first-order chi connectivity index (χ1) is 13.0. The number of carboxylic acid groups (broad SMARTS) is 1. The number of carboxylic acids is 1. The third kappa shape index (κ3) is 4.57. The second kappa shape index (κ2) is 8.39. The molecule has 146 valence electrons. The molecule has 3 amide bonds. The quantitative estimate of drug-likeness (QED) is 0.696. The fourth-order valence-electron chi connectivity index (χ4n) is 3.72. The monoisotopic (exact) mass is 374 g/mol. The molecule has 4 N–H and O–H groups in total. The molecular weight excluding hydrogens is 348 g/mol. The van der Waals surface area contributed by atoms with Gasteiger partial charge < -0.3 is 21.1 Å². The van der Waals surface area contributed by atoms with E-state index in [-0.39, 0.29) is 37.0 Å². The standard InChI is InChI=1S/C19H26N4O4/c20-14-3-7-16(8-4-14)23-12-11-22(19(23)27)15-5-1-13(2-6-15)18(26)21-10-9-17(24)25/h1-2,5-6,14,16H,3-4,7-12,20H2,(H,21,26)(H,24,25). The van der Waals surface area contributed by atoms with Crippen LogP contribution in [0.15, 0.2) is 24.3 Å². The van der Waals surface area contributed by atoms with Gasteiger partial charge in [0, 0.05) is 43.0 Å². The van der Waals surface area contributed by atoms with Crippen LogP contribution in [0.3, 0.4) is 0 Å². The maximum atomic E-state index is 12.8. The normalized spacial score (nSPS) is 22.8. The van der Waals surface area contributed by atoms with Crippen LogP contribution in [-0.2, 0) is 4.79 Å². The van der Waals surface area contributed by atoms with Gasteiger partial charge in [-0.05, 0) is 49.9 Å². The minimum atomic E-state index is -0.956. The van der Waals surface area contributed by atoms with E-state index in [0.717, 1.165) is 31.4 Å². The van der Waals surface area contributed by atoms with Crippen molar-refractivity contribution >= 4 is 23.6 Å². The summed E-state index contributed by atoms with van der Waals surface area (Å²) >= 11 is 0. The summed E-state index contributed by atoms with van der Waals surface area (Å²) in [6.07, 6.45) is 3.71. The van der Waals surface area contributed by atoms with E-state index in [2.05, 4.69) is 5.32 Å². The lowest BCUT2D eigenvalue weighted by Crippen LogP contribution is -2.43. The number of carbonyl (C=O) groups is 3. The van der Waals surface area contributed by atoms with E-state index in [1.54, 1.807) is 29.2 Å². The summed E-state index contributed by atoms with van der Waals surface area (Å²) < 4.78 is 0. The average Bonchev–Trinajstić information content (AvgIpc) is 3.03. The Morgan fingerprint density at radius 1 is 1.11 bits per heavy atom. The Hall–Kier alpha value is -2.61. The van der Waals surface area contributed by atoms with Crippen molar-refractivity contribution in [3.63, 3.8) is 0 Å². The van der Waals surface area contributed by atoms with E-state index >= 15 is 0 Å². The minimum absolute atomic E-state index is 0.00845. The van der Waals surface area contributed by atoms with Crippen LogP contribution in [0.4, 0.5) is 10.5 Å². The molecule has 3 rings (SSSR count). The number of hydrogen-bond acceptors (Lipinski definition) is 4. The number of anilines is 1. The van der Waals surface area contributed by atoms with Crippen LogP contribution in [0.2, 0.25) is 0 Å². The van der Waals surface area contributed by atoms with Gasteiger partial charge in [-0.25, -0.2) is 4.79 Å². The van der Waals surface area contributed by atoms with Gasteiger partial charge in [-0.1, -0.05) is 0 Å². The van der Waals surface area contributed by atoms with Crippen molar-refractivity contribution in [1.82, 2.24) is 10.2 Å². The molecule has 8 heteroatoms. The molecule has 2 fully saturated rings. The number of nitrogens with one attached hydrogen (secondary N) is 1. The second-order valence-corrected chi connectivity index (χ2v) is 7.14. The van der Waals surface area contributed by atoms with Crippen LogP contribution >= 0.6 is 0 Å². The average molecular weight is 374 g/mol. The Morgan fingerprint density at radius 3 is 2.41 bits per heavy atom. The van der Waals surface area contributed by atoms with Crippen molar-refractivity contribution in [2.24, 2.45) is 5.73 Å². The first-order valence-corrected chi connectivity index (χ1v) is 9.39. The molecule has 0 aromatic heterocycles. The minimum Gasteiger partial charge on any atom is -0.481 e. The van der Waals surface area contributed by atoms with E-state index in [1.165, 1.54) is 0 Å². The van der Waals surface area contributed by atoms with Crippen molar-refractivity contribution in [2.45, 2.75) is 44.2 Å². The lowest BCUT2D eigenvalue weighted by molar-refractivity contribution is -0.136. The van der Waals surface area contributed by atoms with E-state index in [9.17, 15) is 14.4 Å². The SMILES string of the molecule is NC1CCC(N2CCN(c3ccc(C(=O)NCCC(=O)O)cc3)C2=O)CC1.